The average Bonchev–Trinajstić information content (AvgIpc) is 3.30. The van der Waals surface area contributed by atoms with Crippen LogP contribution in [0.3, 0.4) is 0 Å². The highest BCUT2D eigenvalue weighted by atomic mass is 35.5. The lowest BCUT2D eigenvalue weighted by molar-refractivity contribution is 0.0213. The minimum absolute atomic E-state index is 0.0766. The van der Waals surface area contributed by atoms with Gasteiger partial charge >= 0.3 is 0 Å². The molecule has 1 saturated heterocycles. The summed E-state index contributed by atoms with van der Waals surface area (Å²) < 4.78 is 36.0. The van der Waals surface area contributed by atoms with E-state index in [2.05, 4.69) is 24.7 Å². The molecule has 0 N–H and O–H groups in total. The fourth-order valence-electron chi connectivity index (χ4n) is 3.36. The summed E-state index contributed by atoms with van der Waals surface area (Å²) >= 11 is 18.5. The Morgan fingerprint density at radius 1 is 1.28 bits per heavy atom. The second kappa shape index (κ2) is 9.98. The maximum atomic E-state index is 11.7. The largest absolute Gasteiger partial charge is 0.467 e. The van der Waals surface area contributed by atoms with Crippen LogP contribution in [0.2, 0.25) is 35.7 Å². The number of rotatable bonds is 9. The van der Waals surface area contributed by atoms with Gasteiger partial charge in [-0.1, -0.05) is 55.1 Å². The number of aromatic nitrogens is 2. The zero-order valence-corrected chi connectivity index (χ0v) is 22.6. The Morgan fingerprint density at radius 2 is 2.00 bits per heavy atom. The van der Waals surface area contributed by atoms with Crippen molar-refractivity contribution in [2.24, 2.45) is 0 Å². The van der Waals surface area contributed by atoms with Crippen LogP contribution in [-0.4, -0.2) is 56.9 Å². The Balaban J connectivity index is 1.76. The molecule has 0 spiro atoms. The Labute approximate surface area is 205 Å². The van der Waals surface area contributed by atoms with Crippen molar-refractivity contribution in [2.45, 2.75) is 38.0 Å². The van der Waals surface area contributed by atoms with E-state index in [1.54, 1.807) is 12.1 Å². The minimum atomic E-state index is -3.47. The molecule has 2 heterocycles. The number of thiocarbonyl (C=S) groups is 1. The van der Waals surface area contributed by atoms with Gasteiger partial charge in [0.2, 0.25) is 0 Å². The summed E-state index contributed by atoms with van der Waals surface area (Å²) in [6.45, 7) is 8.16. The monoisotopic (exact) mass is 535 g/mol. The second-order valence-corrected chi connectivity index (χ2v) is 17.7. The van der Waals surface area contributed by atoms with Gasteiger partial charge in [-0.25, -0.2) is 8.42 Å². The van der Waals surface area contributed by atoms with Crippen molar-refractivity contribution in [2.75, 3.05) is 31.1 Å². The molecular formula is C20H27Cl2N3O4S2Si. The zero-order chi connectivity index (χ0) is 23.7. The standard InChI is InChI=1S/C20H27Cl2N3O4S2Si/c1-31(26,27)25-12-15(10-23-25)24-11-14(9-18(24)30)19-17(6-5-16(21)20(19)22)29-13-28-7-8-32(2,3)4/h5-6,10,12,14H,7-9,11,13H2,1-4H3/t14-/m0/s1. The van der Waals surface area contributed by atoms with Gasteiger partial charge in [-0.3, -0.25) is 0 Å². The van der Waals surface area contributed by atoms with Gasteiger partial charge in [-0.2, -0.15) is 9.19 Å². The van der Waals surface area contributed by atoms with Gasteiger partial charge in [0.25, 0.3) is 10.0 Å². The molecule has 7 nitrogen and oxygen atoms in total. The number of ether oxygens (including phenoxy) is 2. The second-order valence-electron chi connectivity index (χ2n) is 8.99. The predicted octanol–water partition coefficient (Wildman–Crippen LogP) is 5.01. The van der Waals surface area contributed by atoms with Crippen LogP contribution in [0.1, 0.15) is 17.9 Å². The van der Waals surface area contributed by atoms with Crippen LogP contribution in [-0.2, 0) is 14.8 Å². The molecule has 0 saturated carbocycles. The Kier molecular flexibility index (Phi) is 7.94. The molecule has 12 heteroatoms. The molecule has 1 aliphatic rings. The van der Waals surface area contributed by atoms with Gasteiger partial charge in [0, 0.05) is 39.1 Å². The van der Waals surface area contributed by atoms with Crippen LogP contribution in [0.25, 0.3) is 0 Å². The lowest BCUT2D eigenvalue weighted by atomic mass is 9.97. The van der Waals surface area contributed by atoms with E-state index in [0.29, 0.717) is 46.0 Å². The molecule has 0 aliphatic carbocycles. The van der Waals surface area contributed by atoms with Gasteiger partial charge < -0.3 is 14.4 Å². The molecule has 0 radical (unpaired) electrons. The molecular weight excluding hydrogens is 509 g/mol. The molecule has 1 atom stereocenters. The highest BCUT2D eigenvalue weighted by Gasteiger charge is 2.33. The summed E-state index contributed by atoms with van der Waals surface area (Å²) in [5.74, 6) is 0.529. The smallest absolute Gasteiger partial charge is 0.250 e. The van der Waals surface area contributed by atoms with Crippen LogP contribution < -0.4 is 9.64 Å². The van der Waals surface area contributed by atoms with E-state index in [0.717, 1.165) is 22.0 Å². The normalized spacial score (nSPS) is 17.2. The summed E-state index contributed by atoms with van der Waals surface area (Å²) in [7, 11) is -4.65. The quantitative estimate of drug-likeness (QED) is 0.193. The van der Waals surface area contributed by atoms with Crippen molar-refractivity contribution in [3.05, 3.63) is 40.1 Å². The number of hydrogen-bond acceptors (Lipinski definition) is 6. The summed E-state index contributed by atoms with van der Waals surface area (Å²) in [5, 5.41) is 4.79. The topological polar surface area (TPSA) is 73.7 Å². The van der Waals surface area contributed by atoms with Gasteiger partial charge in [-0.15, -0.1) is 0 Å². The van der Waals surface area contributed by atoms with Crippen molar-refractivity contribution in [1.82, 2.24) is 9.19 Å². The van der Waals surface area contributed by atoms with E-state index < -0.39 is 18.1 Å². The molecule has 1 fully saturated rings. The van der Waals surface area contributed by atoms with Crippen molar-refractivity contribution >= 4 is 64.2 Å². The maximum absolute atomic E-state index is 11.7. The third-order valence-electron chi connectivity index (χ3n) is 5.12. The Bertz CT molecular complexity index is 1100. The van der Waals surface area contributed by atoms with E-state index >= 15 is 0 Å². The summed E-state index contributed by atoms with van der Waals surface area (Å²) in [5.41, 5.74) is 1.38. The van der Waals surface area contributed by atoms with Crippen LogP contribution in [0.5, 0.6) is 5.75 Å². The Morgan fingerprint density at radius 3 is 2.62 bits per heavy atom. The van der Waals surface area contributed by atoms with Crippen LogP contribution in [0, 0.1) is 0 Å². The molecule has 176 valence electrons. The fourth-order valence-corrected chi connectivity index (χ4v) is 5.50. The van der Waals surface area contributed by atoms with Crippen LogP contribution >= 0.6 is 35.4 Å². The third-order valence-corrected chi connectivity index (χ3v) is 8.91. The van der Waals surface area contributed by atoms with Crippen LogP contribution in [0.4, 0.5) is 5.69 Å². The first-order chi connectivity index (χ1) is 14.9. The van der Waals surface area contributed by atoms with Crippen LogP contribution in [0.15, 0.2) is 24.5 Å². The number of hydrogen-bond donors (Lipinski definition) is 0. The maximum Gasteiger partial charge on any atom is 0.250 e. The predicted molar refractivity (Wildman–Crippen MR) is 136 cm³/mol. The van der Waals surface area contributed by atoms with Crippen molar-refractivity contribution in [3.8, 4) is 5.75 Å². The molecule has 1 aromatic heterocycles. The summed E-state index contributed by atoms with van der Waals surface area (Å²) in [6.07, 6.45) is 4.58. The van der Waals surface area contributed by atoms with Crippen molar-refractivity contribution in [3.63, 3.8) is 0 Å². The third kappa shape index (κ3) is 6.24. The number of anilines is 1. The minimum Gasteiger partial charge on any atom is -0.467 e. The molecule has 2 aromatic rings. The lowest BCUT2D eigenvalue weighted by Gasteiger charge is -2.20. The number of nitrogens with zero attached hydrogens (tertiary/aromatic N) is 3. The molecule has 1 aromatic carbocycles. The zero-order valence-electron chi connectivity index (χ0n) is 18.5. The molecule has 0 bridgehead atoms. The average molecular weight is 537 g/mol. The molecule has 3 rings (SSSR count). The molecule has 0 unspecified atom stereocenters. The van der Waals surface area contributed by atoms with Crippen molar-refractivity contribution in [1.29, 1.82) is 0 Å². The van der Waals surface area contributed by atoms with E-state index in [9.17, 15) is 8.42 Å². The molecule has 32 heavy (non-hydrogen) atoms. The van der Waals surface area contributed by atoms with E-state index in [1.807, 2.05) is 4.90 Å². The van der Waals surface area contributed by atoms with E-state index in [-0.39, 0.29) is 12.7 Å². The first kappa shape index (κ1) is 25.4. The van der Waals surface area contributed by atoms with Crippen molar-refractivity contribution < 1.29 is 17.9 Å². The summed E-state index contributed by atoms with van der Waals surface area (Å²) in [6, 6.07) is 4.54. The highest BCUT2D eigenvalue weighted by molar-refractivity contribution is 7.89. The van der Waals surface area contributed by atoms with E-state index in [1.165, 1.54) is 12.4 Å². The SMILES string of the molecule is C[Si](C)(C)CCOCOc1ccc(Cl)c(Cl)c1[C@H]1CC(=S)N(c2cnn(S(C)(=O)=O)c2)C1. The van der Waals surface area contributed by atoms with Gasteiger partial charge in [0.15, 0.2) is 6.79 Å². The molecule has 1 aliphatic heterocycles. The van der Waals surface area contributed by atoms with Gasteiger partial charge in [-0.05, 0) is 18.2 Å². The summed E-state index contributed by atoms with van der Waals surface area (Å²) in [4.78, 5) is 2.52. The fraction of sp³-hybridized carbons (Fsp3) is 0.500. The Hall–Kier alpha value is -1.17. The lowest BCUT2D eigenvalue weighted by Crippen LogP contribution is -2.23. The highest BCUT2D eigenvalue weighted by Crippen LogP contribution is 2.43. The molecule has 0 amide bonds. The van der Waals surface area contributed by atoms with Gasteiger partial charge in [0.05, 0.1) is 39.4 Å². The number of halogens is 2. The first-order valence-electron chi connectivity index (χ1n) is 10.1. The van der Waals surface area contributed by atoms with Gasteiger partial charge in [0.1, 0.15) is 5.75 Å². The first-order valence-corrected chi connectivity index (χ1v) is 16.8. The number of benzene rings is 1. The van der Waals surface area contributed by atoms with E-state index in [4.69, 9.17) is 44.9 Å².